The predicted octanol–water partition coefficient (Wildman–Crippen LogP) is 2.44. The first-order valence-electron chi connectivity index (χ1n) is 4.86. The average Bonchev–Trinajstić information content (AvgIpc) is 2.53. The molecule has 1 heterocycles. The third-order valence-electron chi connectivity index (χ3n) is 2.28. The summed E-state index contributed by atoms with van der Waals surface area (Å²) >= 11 is 3.33. The van der Waals surface area contributed by atoms with Crippen LogP contribution in [0, 0.1) is 0 Å². The van der Waals surface area contributed by atoms with Gasteiger partial charge < -0.3 is 10.1 Å². The van der Waals surface area contributed by atoms with Crippen LogP contribution in [0.15, 0.2) is 11.1 Å². The van der Waals surface area contributed by atoms with Crippen molar-refractivity contribution in [1.82, 2.24) is 5.32 Å². The highest BCUT2D eigenvalue weighted by Crippen LogP contribution is 2.16. The smallest absolute Gasteiger partial charge is 0.0590 e. The van der Waals surface area contributed by atoms with Gasteiger partial charge in [0.1, 0.15) is 0 Å². The maximum absolute atomic E-state index is 5.56. The molecule has 0 aliphatic carbocycles. The van der Waals surface area contributed by atoms with Gasteiger partial charge in [0.05, 0.1) is 6.10 Å². The molecule has 1 aliphatic heterocycles. The van der Waals surface area contributed by atoms with Gasteiger partial charge in [0.2, 0.25) is 0 Å². The second kappa shape index (κ2) is 5.78. The van der Waals surface area contributed by atoms with Crippen LogP contribution in [0.4, 0.5) is 0 Å². The van der Waals surface area contributed by atoms with Crippen LogP contribution in [0.1, 0.15) is 26.2 Å². The van der Waals surface area contributed by atoms with Gasteiger partial charge in [0.25, 0.3) is 0 Å². The predicted molar refractivity (Wildman–Crippen MR) is 59.1 cm³/mol. The summed E-state index contributed by atoms with van der Waals surface area (Å²) in [6.07, 6.45) is 4.04. The Morgan fingerprint density at radius 1 is 1.77 bits per heavy atom. The second-order valence-corrected chi connectivity index (χ2v) is 4.79. The Balaban J connectivity index is 2.09. The van der Waals surface area contributed by atoms with Crippen molar-refractivity contribution in [2.45, 2.75) is 38.3 Å². The van der Waals surface area contributed by atoms with E-state index in [4.69, 9.17) is 4.74 Å². The Labute approximate surface area is 88.9 Å². The first-order chi connectivity index (χ1) is 6.18. The van der Waals surface area contributed by atoms with Gasteiger partial charge in [-0.15, -0.1) is 0 Å². The van der Waals surface area contributed by atoms with Crippen LogP contribution in [-0.4, -0.2) is 25.3 Å². The number of rotatable bonds is 5. The van der Waals surface area contributed by atoms with Crippen LogP contribution in [0.25, 0.3) is 0 Å². The van der Waals surface area contributed by atoms with Crippen molar-refractivity contribution in [2.24, 2.45) is 0 Å². The lowest BCUT2D eigenvalue weighted by molar-refractivity contribution is 0.0967. The SMILES string of the molecule is C=C(Br)CNC(C)CC1CCCO1. The van der Waals surface area contributed by atoms with E-state index in [0.717, 1.165) is 24.1 Å². The van der Waals surface area contributed by atoms with Crippen LogP contribution < -0.4 is 5.32 Å². The van der Waals surface area contributed by atoms with Crippen molar-refractivity contribution in [2.75, 3.05) is 13.2 Å². The molecule has 13 heavy (non-hydrogen) atoms. The fraction of sp³-hybridized carbons (Fsp3) is 0.800. The summed E-state index contributed by atoms with van der Waals surface area (Å²) in [5.74, 6) is 0. The molecule has 0 aromatic rings. The van der Waals surface area contributed by atoms with Crippen LogP contribution in [0.5, 0.6) is 0 Å². The highest BCUT2D eigenvalue weighted by atomic mass is 79.9. The maximum Gasteiger partial charge on any atom is 0.0590 e. The minimum atomic E-state index is 0.478. The summed E-state index contributed by atoms with van der Waals surface area (Å²) in [5, 5.41) is 3.38. The fourth-order valence-corrected chi connectivity index (χ4v) is 1.75. The van der Waals surface area contributed by atoms with E-state index >= 15 is 0 Å². The molecule has 0 bridgehead atoms. The van der Waals surface area contributed by atoms with Crippen LogP contribution in [0.3, 0.4) is 0 Å². The van der Waals surface area contributed by atoms with E-state index in [1.54, 1.807) is 0 Å². The largest absolute Gasteiger partial charge is 0.378 e. The molecule has 2 unspecified atom stereocenters. The Morgan fingerprint density at radius 3 is 3.08 bits per heavy atom. The summed E-state index contributed by atoms with van der Waals surface area (Å²) in [6, 6.07) is 0.511. The molecule has 0 spiro atoms. The molecular weight excluding hydrogens is 230 g/mol. The minimum absolute atomic E-state index is 0.478. The zero-order chi connectivity index (χ0) is 9.68. The lowest BCUT2D eigenvalue weighted by Crippen LogP contribution is -2.30. The van der Waals surface area contributed by atoms with E-state index in [2.05, 4.69) is 34.7 Å². The van der Waals surface area contributed by atoms with Gasteiger partial charge in [-0.05, 0) is 26.2 Å². The van der Waals surface area contributed by atoms with Gasteiger partial charge in [-0.1, -0.05) is 22.5 Å². The van der Waals surface area contributed by atoms with Crippen molar-refractivity contribution in [1.29, 1.82) is 0 Å². The van der Waals surface area contributed by atoms with E-state index in [1.807, 2.05) is 0 Å². The van der Waals surface area contributed by atoms with Gasteiger partial charge >= 0.3 is 0 Å². The zero-order valence-corrected chi connectivity index (χ0v) is 9.77. The summed E-state index contributed by atoms with van der Waals surface area (Å²) in [5.41, 5.74) is 0. The lowest BCUT2D eigenvalue weighted by atomic mass is 10.1. The van der Waals surface area contributed by atoms with Crippen molar-refractivity contribution in [3.63, 3.8) is 0 Å². The van der Waals surface area contributed by atoms with Gasteiger partial charge in [-0.3, -0.25) is 0 Å². The maximum atomic E-state index is 5.56. The third kappa shape index (κ3) is 4.79. The monoisotopic (exact) mass is 247 g/mol. The van der Waals surface area contributed by atoms with Crippen LogP contribution >= 0.6 is 15.9 Å². The summed E-state index contributed by atoms with van der Waals surface area (Å²) in [7, 11) is 0. The summed E-state index contributed by atoms with van der Waals surface area (Å²) < 4.78 is 6.56. The normalized spacial score (nSPS) is 24.6. The Hall–Kier alpha value is 0.140. The first-order valence-corrected chi connectivity index (χ1v) is 5.66. The number of ether oxygens (including phenoxy) is 1. The van der Waals surface area contributed by atoms with Gasteiger partial charge in [-0.2, -0.15) is 0 Å². The highest BCUT2D eigenvalue weighted by Gasteiger charge is 2.17. The van der Waals surface area contributed by atoms with E-state index in [1.165, 1.54) is 12.8 Å². The quantitative estimate of drug-likeness (QED) is 0.806. The standard InChI is InChI=1S/C10H18BrNO/c1-8(11)7-12-9(2)6-10-4-3-5-13-10/h9-10,12H,1,3-7H2,2H3. The molecule has 2 nitrogen and oxygen atoms in total. The molecule has 0 radical (unpaired) electrons. The van der Waals surface area contributed by atoms with Gasteiger partial charge in [0, 0.05) is 23.7 Å². The summed E-state index contributed by atoms with van der Waals surface area (Å²) in [4.78, 5) is 0. The van der Waals surface area contributed by atoms with E-state index in [0.29, 0.717) is 12.1 Å². The average molecular weight is 248 g/mol. The lowest BCUT2D eigenvalue weighted by Gasteiger charge is -2.17. The number of halogens is 1. The van der Waals surface area contributed by atoms with Gasteiger partial charge in [-0.25, -0.2) is 0 Å². The molecule has 0 amide bonds. The van der Waals surface area contributed by atoms with Crippen molar-refractivity contribution < 1.29 is 4.74 Å². The number of hydrogen-bond donors (Lipinski definition) is 1. The number of nitrogens with one attached hydrogen (secondary N) is 1. The Bertz CT molecular complexity index is 166. The molecule has 1 saturated heterocycles. The molecule has 0 saturated carbocycles. The van der Waals surface area contributed by atoms with E-state index < -0.39 is 0 Å². The Morgan fingerprint density at radius 2 is 2.54 bits per heavy atom. The van der Waals surface area contributed by atoms with E-state index in [9.17, 15) is 0 Å². The second-order valence-electron chi connectivity index (χ2n) is 3.67. The molecule has 76 valence electrons. The topological polar surface area (TPSA) is 21.3 Å². The zero-order valence-electron chi connectivity index (χ0n) is 8.18. The summed E-state index contributed by atoms with van der Waals surface area (Å²) in [6.45, 7) is 7.76. The molecule has 2 atom stereocenters. The molecule has 1 N–H and O–H groups in total. The molecule has 1 rings (SSSR count). The minimum Gasteiger partial charge on any atom is -0.378 e. The molecule has 1 fully saturated rings. The Kier molecular flexibility index (Phi) is 4.99. The molecule has 0 aromatic heterocycles. The molecule has 0 aromatic carbocycles. The highest BCUT2D eigenvalue weighted by molar-refractivity contribution is 9.11. The van der Waals surface area contributed by atoms with Crippen molar-refractivity contribution in [3.8, 4) is 0 Å². The molecule has 3 heteroatoms. The molecular formula is C10H18BrNO. The van der Waals surface area contributed by atoms with E-state index in [-0.39, 0.29) is 0 Å². The fourth-order valence-electron chi connectivity index (χ4n) is 1.59. The van der Waals surface area contributed by atoms with Crippen LogP contribution in [-0.2, 0) is 4.74 Å². The first kappa shape index (κ1) is 11.2. The van der Waals surface area contributed by atoms with Crippen LogP contribution in [0.2, 0.25) is 0 Å². The molecule has 1 aliphatic rings. The third-order valence-corrected chi connectivity index (χ3v) is 2.56. The number of hydrogen-bond acceptors (Lipinski definition) is 2. The van der Waals surface area contributed by atoms with Gasteiger partial charge in [0.15, 0.2) is 0 Å². The van der Waals surface area contributed by atoms with Crippen molar-refractivity contribution in [3.05, 3.63) is 11.1 Å². The van der Waals surface area contributed by atoms with Crippen molar-refractivity contribution >= 4 is 15.9 Å².